The number of halogens is 1. The van der Waals surface area contributed by atoms with E-state index in [2.05, 4.69) is 5.32 Å². The second kappa shape index (κ2) is 6.08. The molecule has 108 valence electrons. The number of nitro benzene ring substituents is 1. The lowest BCUT2D eigenvalue weighted by Crippen LogP contribution is -2.39. The van der Waals surface area contributed by atoms with Gasteiger partial charge in [0.05, 0.1) is 4.92 Å². The van der Waals surface area contributed by atoms with E-state index in [1.54, 1.807) is 0 Å². The molecular weight excluding hydrogens is 287 g/mol. The summed E-state index contributed by atoms with van der Waals surface area (Å²) in [5.74, 6) is -0.383. The molecule has 6 nitrogen and oxygen atoms in total. The zero-order chi connectivity index (χ0) is 14.7. The number of nitrogens with one attached hydrogen (secondary N) is 1. The normalized spacial score (nSPS) is 22.2. The number of nitrogens with zero attached hydrogens (tertiary/aromatic N) is 1. The number of nitro groups is 1. The first-order valence-corrected chi connectivity index (χ1v) is 7.56. The van der Waals surface area contributed by atoms with Crippen LogP contribution in [0.5, 0.6) is 0 Å². The second-order valence-electron chi connectivity index (χ2n) is 4.51. The van der Waals surface area contributed by atoms with Gasteiger partial charge in [-0.05, 0) is 25.0 Å². The monoisotopic (exact) mass is 300 g/mol. The van der Waals surface area contributed by atoms with E-state index in [1.165, 1.54) is 0 Å². The number of hydrogen-bond donors (Lipinski definition) is 1. The Morgan fingerprint density at radius 3 is 2.65 bits per heavy atom. The van der Waals surface area contributed by atoms with Gasteiger partial charge in [0.15, 0.2) is 0 Å². The van der Waals surface area contributed by atoms with Gasteiger partial charge >= 0.3 is 0 Å². The SMILES string of the molecule is O=C(NC1CCS(=O)CC1)c1cc(F)ccc1[N+](=O)[O-]. The molecule has 0 spiro atoms. The summed E-state index contributed by atoms with van der Waals surface area (Å²) in [6.45, 7) is 0. The first-order valence-electron chi connectivity index (χ1n) is 6.07. The fourth-order valence-electron chi connectivity index (χ4n) is 2.05. The Bertz CT molecular complexity index is 569. The Balaban J connectivity index is 2.14. The van der Waals surface area contributed by atoms with Crippen molar-refractivity contribution in [1.29, 1.82) is 0 Å². The number of hydrogen-bond acceptors (Lipinski definition) is 4. The number of benzene rings is 1. The van der Waals surface area contributed by atoms with Crippen LogP contribution < -0.4 is 5.32 Å². The van der Waals surface area contributed by atoms with E-state index in [0.29, 0.717) is 24.3 Å². The van der Waals surface area contributed by atoms with Crippen molar-refractivity contribution in [2.75, 3.05) is 11.5 Å². The van der Waals surface area contributed by atoms with Gasteiger partial charge in [-0.15, -0.1) is 0 Å². The lowest BCUT2D eigenvalue weighted by Gasteiger charge is -2.22. The molecule has 1 aliphatic heterocycles. The molecule has 1 amide bonds. The van der Waals surface area contributed by atoms with Gasteiger partial charge in [0.25, 0.3) is 11.6 Å². The summed E-state index contributed by atoms with van der Waals surface area (Å²) in [7, 11) is -0.855. The molecular formula is C12H13FN2O4S. The number of rotatable bonds is 3. The van der Waals surface area contributed by atoms with E-state index >= 15 is 0 Å². The molecule has 1 aromatic rings. The van der Waals surface area contributed by atoms with Crippen molar-refractivity contribution in [2.24, 2.45) is 0 Å². The molecule has 1 heterocycles. The summed E-state index contributed by atoms with van der Waals surface area (Å²) in [5, 5.41) is 13.5. The van der Waals surface area contributed by atoms with Crippen molar-refractivity contribution in [2.45, 2.75) is 18.9 Å². The molecule has 1 aliphatic rings. The molecule has 1 fully saturated rings. The van der Waals surface area contributed by atoms with Crippen molar-refractivity contribution in [3.05, 3.63) is 39.7 Å². The fraction of sp³-hybridized carbons (Fsp3) is 0.417. The maximum absolute atomic E-state index is 13.2. The summed E-state index contributed by atoms with van der Waals surface area (Å²) >= 11 is 0. The third kappa shape index (κ3) is 3.38. The summed E-state index contributed by atoms with van der Waals surface area (Å²) in [5.41, 5.74) is -0.718. The van der Waals surface area contributed by atoms with Crippen molar-refractivity contribution in [1.82, 2.24) is 5.32 Å². The van der Waals surface area contributed by atoms with Gasteiger partial charge in [-0.3, -0.25) is 19.1 Å². The zero-order valence-electron chi connectivity index (χ0n) is 10.5. The molecule has 2 rings (SSSR count). The van der Waals surface area contributed by atoms with Gasteiger partial charge < -0.3 is 5.32 Å². The summed E-state index contributed by atoms with van der Waals surface area (Å²) < 4.78 is 24.4. The Morgan fingerprint density at radius 1 is 1.40 bits per heavy atom. The molecule has 0 unspecified atom stereocenters. The number of amides is 1. The van der Waals surface area contributed by atoms with Gasteiger partial charge in [-0.1, -0.05) is 0 Å². The highest BCUT2D eigenvalue weighted by Crippen LogP contribution is 2.20. The molecule has 0 aromatic heterocycles. The summed E-state index contributed by atoms with van der Waals surface area (Å²) in [6.07, 6.45) is 1.11. The first kappa shape index (κ1) is 14.6. The van der Waals surface area contributed by atoms with Crippen molar-refractivity contribution in [3.63, 3.8) is 0 Å². The Morgan fingerprint density at radius 2 is 2.05 bits per heavy atom. The van der Waals surface area contributed by atoms with E-state index in [1.807, 2.05) is 0 Å². The molecule has 1 N–H and O–H groups in total. The number of carbonyl (C=O) groups is 1. The molecule has 20 heavy (non-hydrogen) atoms. The lowest BCUT2D eigenvalue weighted by atomic mass is 10.1. The van der Waals surface area contributed by atoms with Crippen LogP contribution in [-0.4, -0.2) is 32.6 Å². The Hall–Kier alpha value is -1.83. The van der Waals surface area contributed by atoms with Gasteiger partial charge in [-0.2, -0.15) is 0 Å². The van der Waals surface area contributed by atoms with Crippen molar-refractivity contribution in [3.8, 4) is 0 Å². The highest BCUT2D eigenvalue weighted by atomic mass is 32.2. The largest absolute Gasteiger partial charge is 0.349 e. The van der Waals surface area contributed by atoms with E-state index < -0.39 is 33.1 Å². The highest BCUT2D eigenvalue weighted by Gasteiger charge is 2.25. The lowest BCUT2D eigenvalue weighted by molar-refractivity contribution is -0.385. The van der Waals surface area contributed by atoms with E-state index in [-0.39, 0.29) is 11.6 Å². The van der Waals surface area contributed by atoms with Crippen LogP contribution in [0, 0.1) is 15.9 Å². The molecule has 1 aromatic carbocycles. The molecule has 0 saturated carbocycles. The minimum atomic E-state index is -0.855. The average Bonchev–Trinajstić information content (AvgIpc) is 2.41. The topological polar surface area (TPSA) is 89.3 Å². The standard InChI is InChI=1S/C12H13FN2O4S/c13-8-1-2-11(15(17)18)10(7-8)12(16)14-9-3-5-20(19)6-4-9/h1-2,7,9H,3-6H2,(H,14,16). The van der Waals surface area contributed by atoms with Crippen LogP contribution in [0.15, 0.2) is 18.2 Å². The Kier molecular flexibility index (Phi) is 4.43. The molecule has 8 heteroatoms. The van der Waals surface area contributed by atoms with Crippen LogP contribution in [0.2, 0.25) is 0 Å². The second-order valence-corrected chi connectivity index (χ2v) is 6.21. The maximum Gasteiger partial charge on any atom is 0.282 e. The Labute approximate surface area is 117 Å². The highest BCUT2D eigenvalue weighted by molar-refractivity contribution is 7.85. The van der Waals surface area contributed by atoms with E-state index in [0.717, 1.165) is 18.2 Å². The predicted molar refractivity (Wildman–Crippen MR) is 71.4 cm³/mol. The minimum Gasteiger partial charge on any atom is -0.349 e. The third-order valence-corrected chi connectivity index (χ3v) is 4.51. The predicted octanol–water partition coefficient (Wildman–Crippen LogP) is 1.37. The van der Waals surface area contributed by atoms with E-state index in [9.17, 15) is 23.5 Å². The van der Waals surface area contributed by atoms with Crippen LogP contribution in [0.1, 0.15) is 23.2 Å². The molecule has 0 atom stereocenters. The van der Waals surface area contributed by atoms with Crippen LogP contribution in [0.3, 0.4) is 0 Å². The molecule has 0 aliphatic carbocycles. The van der Waals surface area contributed by atoms with Crippen LogP contribution >= 0.6 is 0 Å². The van der Waals surface area contributed by atoms with Crippen molar-refractivity contribution < 1.29 is 18.3 Å². The summed E-state index contributed by atoms with van der Waals surface area (Å²) in [6, 6.07) is 2.59. The molecule has 0 bridgehead atoms. The molecule has 0 radical (unpaired) electrons. The average molecular weight is 300 g/mol. The quantitative estimate of drug-likeness (QED) is 0.674. The molecule has 1 saturated heterocycles. The minimum absolute atomic E-state index is 0.178. The van der Waals surface area contributed by atoms with Gasteiger partial charge in [0.1, 0.15) is 11.4 Å². The van der Waals surface area contributed by atoms with Gasteiger partial charge in [-0.25, -0.2) is 4.39 Å². The summed E-state index contributed by atoms with van der Waals surface area (Å²) in [4.78, 5) is 22.1. The third-order valence-electron chi connectivity index (χ3n) is 3.12. The van der Waals surface area contributed by atoms with Gasteiger partial charge in [0, 0.05) is 34.4 Å². The smallest absolute Gasteiger partial charge is 0.282 e. The first-order chi connectivity index (χ1) is 9.47. The van der Waals surface area contributed by atoms with Crippen molar-refractivity contribution >= 4 is 22.4 Å². The van der Waals surface area contributed by atoms with Crippen LogP contribution in [0.25, 0.3) is 0 Å². The van der Waals surface area contributed by atoms with Crippen LogP contribution in [-0.2, 0) is 10.8 Å². The van der Waals surface area contributed by atoms with Crippen LogP contribution in [0.4, 0.5) is 10.1 Å². The van der Waals surface area contributed by atoms with E-state index in [4.69, 9.17) is 0 Å². The zero-order valence-corrected chi connectivity index (χ0v) is 11.3. The number of carbonyl (C=O) groups excluding carboxylic acids is 1. The van der Waals surface area contributed by atoms with Gasteiger partial charge in [0.2, 0.25) is 0 Å². The maximum atomic E-state index is 13.2. The fourth-order valence-corrected chi connectivity index (χ4v) is 3.35.